The molecule has 2 rings (SSSR count). The Morgan fingerprint density at radius 1 is 1.32 bits per heavy atom. The van der Waals surface area contributed by atoms with Crippen molar-refractivity contribution in [3.8, 4) is 0 Å². The predicted octanol–water partition coefficient (Wildman–Crippen LogP) is 3.62. The van der Waals surface area contributed by atoms with Crippen LogP contribution in [0.15, 0.2) is 42.6 Å². The number of benzene rings is 1. The van der Waals surface area contributed by atoms with Crippen molar-refractivity contribution in [3.63, 3.8) is 0 Å². The number of hydrogen-bond donors (Lipinski definition) is 1. The van der Waals surface area contributed by atoms with E-state index in [1.807, 2.05) is 6.92 Å². The molecule has 1 unspecified atom stereocenters. The summed E-state index contributed by atoms with van der Waals surface area (Å²) in [6, 6.07) is 9.76. The summed E-state index contributed by atoms with van der Waals surface area (Å²) < 4.78 is 5.29. The Hall–Kier alpha value is -2.67. The van der Waals surface area contributed by atoms with Crippen molar-refractivity contribution in [2.24, 2.45) is 0 Å². The van der Waals surface area contributed by atoms with Crippen molar-refractivity contribution in [3.05, 3.63) is 63.3 Å². The number of halogens is 1. The van der Waals surface area contributed by atoms with Crippen molar-refractivity contribution in [1.82, 2.24) is 4.98 Å². The van der Waals surface area contributed by atoms with Gasteiger partial charge in [-0.2, -0.15) is 0 Å². The number of aromatic nitrogens is 1. The van der Waals surface area contributed by atoms with Gasteiger partial charge in [-0.1, -0.05) is 30.7 Å². The predicted molar refractivity (Wildman–Crippen MR) is 94.7 cm³/mol. The topological polar surface area (TPSA) is 94.4 Å². The minimum atomic E-state index is -0.507. The Bertz CT molecular complexity index is 720. The molecule has 0 radical (unpaired) electrons. The lowest BCUT2D eigenvalue weighted by molar-refractivity contribution is -0.385. The van der Waals surface area contributed by atoms with Crippen molar-refractivity contribution >= 4 is 29.1 Å². The summed E-state index contributed by atoms with van der Waals surface area (Å²) in [5, 5.41) is 14.3. The van der Waals surface area contributed by atoms with E-state index in [4.69, 9.17) is 16.3 Å². The second-order valence-electron chi connectivity index (χ2n) is 5.39. The van der Waals surface area contributed by atoms with Crippen LogP contribution in [-0.2, 0) is 16.0 Å². The SMILES string of the molecule is CCC(COC(=O)Cc1ccc(Cl)cc1)Nc1ccc([N+](=O)[O-])cn1. The Balaban J connectivity index is 1.83. The maximum atomic E-state index is 11.9. The molecule has 7 nitrogen and oxygen atoms in total. The van der Waals surface area contributed by atoms with Gasteiger partial charge >= 0.3 is 5.97 Å². The minimum absolute atomic E-state index is 0.0759. The third-order valence-electron chi connectivity index (χ3n) is 3.51. The number of ether oxygens (including phenoxy) is 1. The Morgan fingerprint density at radius 3 is 2.60 bits per heavy atom. The monoisotopic (exact) mass is 363 g/mol. The van der Waals surface area contributed by atoms with Gasteiger partial charge < -0.3 is 10.1 Å². The summed E-state index contributed by atoms with van der Waals surface area (Å²) in [5.41, 5.74) is 0.750. The smallest absolute Gasteiger partial charge is 0.310 e. The summed E-state index contributed by atoms with van der Waals surface area (Å²) >= 11 is 5.81. The largest absolute Gasteiger partial charge is 0.463 e. The first-order chi connectivity index (χ1) is 12.0. The van der Waals surface area contributed by atoms with Gasteiger partial charge in [0.1, 0.15) is 18.6 Å². The lowest BCUT2D eigenvalue weighted by atomic mass is 10.1. The van der Waals surface area contributed by atoms with Gasteiger partial charge in [-0.25, -0.2) is 4.98 Å². The van der Waals surface area contributed by atoms with Gasteiger partial charge in [0.25, 0.3) is 5.69 Å². The molecule has 132 valence electrons. The fourth-order valence-electron chi connectivity index (χ4n) is 2.06. The highest BCUT2D eigenvalue weighted by Gasteiger charge is 2.12. The molecular formula is C17H18ClN3O4. The van der Waals surface area contributed by atoms with Crippen LogP contribution in [0.2, 0.25) is 5.02 Å². The molecule has 1 aromatic carbocycles. The van der Waals surface area contributed by atoms with Crippen LogP contribution in [0.3, 0.4) is 0 Å². The second-order valence-corrected chi connectivity index (χ2v) is 5.83. The van der Waals surface area contributed by atoms with E-state index in [1.165, 1.54) is 18.3 Å². The van der Waals surface area contributed by atoms with Crippen LogP contribution in [-0.4, -0.2) is 28.5 Å². The Kier molecular flexibility index (Phi) is 6.71. The fraction of sp³-hybridized carbons (Fsp3) is 0.294. The number of esters is 1. The maximum absolute atomic E-state index is 11.9. The first kappa shape index (κ1) is 18.7. The van der Waals surface area contributed by atoms with E-state index in [-0.39, 0.29) is 30.7 Å². The average molecular weight is 364 g/mol. The molecule has 8 heteroatoms. The Morgan fingerprint density at radius 2 is 2.04 bits per heavy atom. The zero-order valence-electron chi connectivity index (χ0n) is 13.6. The standard InChI is InChI=1S/C17H18ClN3O4/c1-2-14(20-16-8-7-15(10-19-16)21(23)24)11-25-17(22)9-12-3-5-13(18)6-4-12/h3-8,10,14H,2,9,11H2,1H3,(H,19,20). The lowest BCUT2D eigenvalue weighted by Crippen LogP contribution is -2.27. The molecule has 0 fully saturated rings. The van der Waals surface area contributed by atoms with Crippen molar-refractivity contribution < 1.29 is 14.5 Å². The molecule has 2 aromatic rings. The maximum Gasteiger partial charge on any atom is 0.310 e. The average Bonchev–Trinajstić information content (AvgIpc) is 2.61. The third kappa shape index (κ3) is 6.04. The molecule has 0 aliphatic rings. The summed E-state index contributed by atoms with van der Waals surface area (Å²) in [4.78, 5) is 26.0. The molecule has 0 saturated carbocycles. The molecule has 1 N–H and O–H groups in total. The molecule has 0 aliphatic carbocycles. The Labute approximate surface area is 150 Å². The quantitative estimate of drug-likeness (QED) is 0.437. The van der Waals surface area contributed by atoms with Gasteiger partial charge in [-0.15, -0.1) is 0 Å². The lowest BCUT2D eigenvalue weighted by Gasteiger charge is -2.17. The van der Waals surface area contributed by atoms with E-state index in [9.17, 15) is 14.9 Å². The summed E-state index contributed by atoms with van der Waals surface area (Å²) in [7, 11) is 0. The molecule has 1 atom stereocenters. The zero-order chi connectivity index (χ0) is 18.2. The third-order valence-corrected chi connectivity index (χ3v) is 3.76. The van der Waals surface area contributed by atoms with Crippen LogP contribution in [0.1, 0.15) is 18.9 Å². The zero-order valence-corrected chi connectivity index (χ0v) is 14.4. The number of hydrogen-bond acceptors (Lipinski definition) is 6. The first-order valence-electron chi connectivity index (χ1n) is 7.75. The molecular weight excluding hydrogens is 346 g/mol. The van der Waals surface area contributed by atoms with Gasteiger partial charge in [0, 0.05) is 11.1 Å². The first-order valence-corrected chi connectivity index (χ1v) is 8.12. The van der Waals surface area contributed by atoms with Crippen LogP contribution in [0.25, 0.3) is 0 Å². The molecule has 1 aromatic heterocycles. The number of nitrogens with one attached hydrogen (secondary N) is 1. The number of carbonyl (C=O) groups is 1. The van der Waals surface area contributed by atoms with Crippen LogP contribution in [0, 0.1) is 10.1 Å². The van der Waals surface area contributed by atoms with E-state index in [2.05, 4.69) is 10.3 Å². The molecule has 25 heavy (non-hydrogen) atoms. The van der Waals surface area contributed by atoms with E-state index in [1.54, 1.807) is 24.3 Å². The number of anilines is 1. The normalized spacial score (nSPS) is 11.6. The molecule has 0 amide bonds. The number of nitro groups is 1. The fourth-order valence-corrected chi connectivity index (χ4v) is 2.19. The number of pyridine rings is 1. The molecule has 0 spiro atoms. The van der Waals surface area contributed by atoms with Crippen molar-refractivity contribution in [2.75, 3.05) is 11.9 Å². The number of nitrogens with zero attached hydrogens (tertiary/aromatic N) is 2. The van der Waals surface area contributed by atoms with Crippen molar-refractivity contribution in [1.29, 1.82) is 0 Å². The van der Waals surface area contributed by atoms with Crippen molar-refractivity contribution in [2.45, 2.75) is 25.8 Å². The van der Waals surface area contributed by atoms with Gasteiger partial charge in [-0.05, 0) is 30.2 Å². The minimum Gasteiger partial charge on any atom is -0.463 e. The summed E-state index contributed by atoms with van der Waals surface area (Å²) in [6.45, 7) is 2.12. The van der Waals surface area contributed by atoms with Gasteiger partial charge in [-0.3, -0.25) is 14.9 Å². The van der Waals surface area contributed by atoms with E-state index < -0.39 is 4.92 Å². The van der Waals surface area contributed by atoms with E-state index in [0.717, 1.165) is 5.56 Å². The molecule has 0 aliphatic heterocycles. The van der Waals surface area contributed by atoms with Crippen LogP contribution in [0.4, 0.5) is 11.5 Å². The van der Waals surface area contributed by atoms with Crippen LogP contribution >= 0.6 is 11.6 Å². The number of rotatable bonds is 8. The van der Waals surface area contributed by atoms with Gasteiger partial charge in [0.2, 0.25) is 0 Å². The highest BCUT2D eigenvalue weighted by atomic mass is 35.5. The number of carbonyl (C=O) groups excluding carboxylic acids is 1. The second kappa shape index (κ2) is 8.98. The summed E-state index contributed by atoms with van der Waals surface area (Å²) in [5.74, 6) is 0.158. The molecule has 0 bridgehead atoms. The van der Waals surface area contributed by atoms with Crippen LogP contribution < -0.4 is 5.32 Å². The van der Waals surface area contributed by atoms with Crippen LogP contribution in [0.5, 0.6) is 0 Å². The highest BCUT2D eigenvalue weighted by Crippen LogP contribution is 2.14. The highest BCUT2D eigenvalue weighted by molar-refractivity contribution is 6.30. The van der Waals surface area contributed by atoms with Gasteiger partial charge in [0.05, 0.1) is 17.4 Å². The molecule has 1 heterocycles. The van der Waals surface area contributed by atoms with E-state index in [0.29, 0.717) is 17.3 Å². The molecule has 0 saturated heterocycles. The van der Waals surface area contributed by atoms with Gasteiger partial charge in [0.15, 0.2) is 0 Å². The van der Waals surface area contributed by atoms with E-state index >= 15 is 0 Å². The summed E-state index contributed by atoms with van der Waals surface area (Å²) in [6.07, 6.45) is 2.05.